The molecule has 2 amide bonds. The van der Waals surface area contributed by atoms with Crippen LogP contribution in [0.1, 0.15) is 28.0 Å². The normalized spacial score (nSPS) is 16.4. The molecule has 0 bridgehead atoms. The van der Waals surface area contributed by atoms with Gasteiger partial charge in [0.05, 0.1) is 12.1 Å². The van der Waals surface area contributed by atoms with E-state index in [9.17, 15) is 14.4 Å². The maximum absolute atomic E-state index is 12.0. The fourth-order valence-corrected chi connectivity index (χ4v) is 2.12. The zero-order valence-corrected chi connectivity index (χ0v) is 12.8. The standard InChI is InChI=1S/C14H10ClN5O4/c15-9-4-7(5-17-14(9)23)12(21)18-6-10-19-11(20-24-10)8-2-1-3-16-13(8)22/h1-5,8H,6H2,(H,17,23)(H,18,21). The average molecular weight is 348 g/mol. The second kappa shape index (κ2) is 6.59. The highest BCUT2D eigenvalue weighted by Gasteiger charge is 2.24. The third-order valence-electron chi connectivity index (χ3n) is 3.14. The first-order valence-corrected chi connectivity index (χ1v) is 7.16. The molecule has 2 aromatic heterocycles. The van der Waals surface area contributed by atoms with E-state index < -0.39 is 23.3 Å². The van der Waals surface area contributed by atoms with Gasteiger partial charge in [0.2, 0.25) is 5.89 Å². The lowest BCUT2D eigenvalue weighted by molar-refractivity contribution is -0.118. The molecule has 24 heavy (non-hydrogen) atoms. The van der Waals surface area contributed by atoms with Crippen LogP contribution in [0.3, 0.4) is 0 Å². The predicted molar refractivity (Wildman–Crippen MR) is 82.9 cm³/mol. The maximum atomic E-state index is 12.0. The number of pyridine rings is 1. The van der Waals surface area contributed by atoms with Crippen LogP contribution >= 0.6 is 11.6 Å². The van der Waals surface area contributed by atoms with Crippen molar-refractivity contribution in [3.8, 4) is 0 Å². The fraction of sp³-hybridized carbons (Fsp3) is 0.143. The molecule has 2 N–H and O–H groups in total. The first-order chi connectivity index (χ1) is 11.5. The second-order valence-electron chi connectivity index (χ2n) is 4.77. The van der Waals surface area contributed by atoms with Crippen molar-refractivity contribution in [2.45, 2.75) is 12.5 Å². The van der Waals surface area contributed by atoms with Gasteiger partial charge in [-0.05, 0) is 12.1 Å². The van der Waals surface area contributed by atoms with Gasteiger partial charge < -0.3 is 14.8 Å². The van der Waals surface area contributed by atoms with Gasteiger partial charge in [0.25, 0.3) is 17.4 Å². The number of aliphatic imine (C=N–C) groups is 1. The van der Waals surface area contributed by atoms with Gasteiger partial charge in [-0.1, -0.05) is 22.8 Å². The summed E-state index contributed by atoms with van der Waals surface area (Å²) in [4.78, 5) is 44.8. The largest absolute Gasteiger partial charge is 0.343 e. The van der Waals surface area contributed by atoms with E-state index in [0.29, 0.717) is 0 Å². The molecule has 3 heterocycles. The molecule has 0 spiro atoms. The highest BCUT2D eigenvalue weighted by atomic mass is 35.5. The number of aromatic amines is 1. The molecule has 1 aliphatic rings. The van der Waals surface area contributed by atoms with Gasteiger partial charge >= 0.3 is 0 Å². The molecule has 1 aliphatic heterocycles. The van der Waals surface area contributed by atoms with Gasteiger partial charge in [-0.25, -0.2) is 4.99 Å². The zero-order valence-electron chi connectivity index (χ0n) is 12.0. The molecular formula is C14H10ClN5O4. The lowest BCUT2D eigenvalue weighted by atomic mass is 10.1. The van der Waals surface area contributed by atoms with E-state index >= 15 is 0 Å². The Balaban J connectivity index is 1.65. The van der Waals surface area contributed by atoms with Crippen molar-refractivity contribution in [2.24, 2.45) is 4.99 Å². The number of hydrogen-bond donors (Lipinski definition) is 2. The maximum Gasteiger partial charge on any atom is 0.266 e. The first kappa shape index (κ1) is 15.8. The third kappa shape index (κ3) is 3.30. The van der Waals surface area contributed by atoms with Gasteiger partial charge in [-0.3, -0.25) is 14.4 Å². The van der Waals surface area contributed by atoms with Crippen LogP contribution in [0.15, 0.2) is 38.7 Å². The lowest BCUT2D eigenvalue weighted by Crippen LogP contribution is -2.24. The minimum Gasteiger partial charge on any atom is -0.343 e. The number of hydrogen-bond acceptors (Lipinski definition) is 6. The Morgan fingerprint density at radius 2 is 2.25 bits per heavy atom. The van der Waals surface area contributed by atoms with Gasteiger partial charge in [0.1, 0.15) is 10.9 Å². The van der Waals surface area contributed by atoms with Gasteiger partial charge in [0.15, 0.2) is 5.82 Å². The van der Waals surface area contributed by atoms with E-state index in [-0.39, 0.29) is 28.8 Å². The Bertz CT molecular complexity index is 914. The van der Waals surface area contributed by atoms with Crippen LogP contribution in [0.4, 0.5) is 0 Å². The van der Waals surface area contributed by atoms with E-state index in [1.54, 1.807) is 12.2 Å². The van der Waals surface area contributed by atoms with Crippen LogP contribution < -0.4 is 10.9 Å². The SMILES string of the molecule is O=C(NCc1nc(C2C=CC=NC2=O)no1)c1c[nH]c(=O)c(Cl)c1. The average Bonchev–Trinajstić information content (AvgIpc) is 3.04. The number of H-pyrrole nitrogens is 1. The third-order valence-corrected chi connectivity index (χ3v) is 3.42. The Labute approximate surface area is 139 Å². The number of nitrogens with one attached hydrogen (secondary N) is 2. The molecule has 0 saturated heterocycles. The molecule has 0 radical (unpaired) electrons. The number of dihydropyridines is 1. The van der Waals surface area contributed by atoms with E-state index in [1.807, 2.05) is 0 Å². The van der Waals surface area contributed by atoms with Crippen LogP contribution in [0.25, 0.3) is 0 Å². The molecule has 0 saturated carbocycles. The van der Waals surface area contributed by atoms with Crippen LogP contribution in [-0.4, -0.2) is 33.2 Å². The summed E-state index contributed by atoms with van der Waals surface area (Å²) in [6.07, 6.45) is 5.84. The summed E-state index contributed by atoms with van der Waals surface area (Å²) in [5.74, 6) is -1.27. The van der Waals surface area contributed by atoms with Gasteiger partial charge in [-0.15, -0.1) is 0 Å². The predicted octanol–water partition coefficient (Wildman–Crippen LogP) is 0.592. The van der Waals surface area contributed by atoms with Crippen molar-refractivity contribution in [1.82, 2.24) is 20.4 Å². The summed E-state index contributed by atoms with van der Waals surface area (Å²) in [7, 11) is 0. The minimum atomic E-state index is -0.693. The summed E-state index contributed by atoms with van der Waals surface area (Å²) < 4.78 is 5.00. The number of amides is 2. The van der Waals surface area contributed by atoms with Crippen molar-refractivity contribution < 1.29 is 14.1 Å². The number of allylic oxidation sites excluding steroid dienone is 1. The smallest absolute Gasteiger partial charge is 0.266 e. The molecule has 1 atom stereocenters. The van der Waals surface area contributed by atoms with Crippen molar-refractivity contribution in [3.05, 3.63) is 57.1 Å². The minimum absolute atomic E-state index is 0.0452. The molecule has 0 aliphatic carbocycles. The molecule has 2 aromatic rings. The first-order valence-electron chi connectivity index (χ1n) is 6.78. The fourth-order valence-electron chi connectivity index (χ4n) is 1.95. The number of carbonyl (C=O) groups is 2. The summed E-state index contributed by atoms with van der Waals surface area (Å²) >= 11 is 5.66. The van der Waals surface area contributed by atoms with E-state index in [0.717, 1.165) is 0 Å². The second-order valence-corrected chi connectivity index (χ2v) is 5.18. The lowest BCUT2D eigenvalue weighted by Gasteiger charge is -2.04. The topological polar surface area (TPSA) is 130 Å². The number of aromatic nitrogens is 3. The Morgan fingerprint density at radius 1 is 1.42 bits per heavy atom. The Hall–Kier alpha value is -3.07. The number of rotatable bonds is 4. The monoisotopic (exact) mass is 347 g/mol. The molecule has 10 heteroatoms. The van der Waals surface area contributed by atoms with Crippen LogP contribution in [0.5, 0.6) is 0 Å². The molecule has 0 aromatic carbocycles. The number of nitrogens with zero attached hydrogens (tertiary/aromatic N) is 3. The van der Waals surface area contributed by atoms with Crippen molar-refractivity contribution in [3.63, 3.8) is 0 Å². The Kier molecular flexibility index (Phi) is 4.34. The summed E-state index contributed by atoms with van der Waals surface area (Å²) in [6, 6.07) is 1.25. The Morgan fingerprint density at radius 3 is 3.00 bits per heavy atom. The molecule has 0 fully saturated rings. The molecule has 9 nitrogen and oxygen atoms in total. The quantitative estimate of drug-likeness (QED) is 0.832. The van der Waals surface area contributed by atoms with Crippen LogP contribution in [-0.2, 0) is 11.3 Å². The van der Waals surface area contributed by atoms with Crippen LogP contribution in [0.2, 0.25) is 5.02 Å². The van der Waals surface area contributed by atoms with E-state index in [4.69, 9.17) is 16.1 Å². The molecule has 3 rings (SSSR count). The summed E-state index contributed by atoms with van der Waals surface area (Å²) in [5, 5.41) is 6.16. The van der Waals surface area contributed by atoms with Crippen molar-refractivity contribution in [2.75, 3.05) is 0 Å². The number of carbonyl (C=O) groups excluding carboxylic acids is 2. The molecule has 122 valence electrons. The number of halogens is 1. The van der Waals surface area contributed by atoms with E-state index in [2.05, 4.69) is 25.4 Å². The summed E-state index contributed by atoms with van der Waals surface area (Å²) in [6.45, 7) is -0.0452. The van der Waals surface area contributed by atoms with Gasteiger partial charge in [-0.2, -0.15) is 4.98 Å². The highest BCUT2D eigenvalue weighted by molar-refractivity contribution is 6.30. The van der Waals surface area contributed by atoms with Crippen molar-refractivity contribution >= 4 is 29.6 Å². The van der Waals surface area contributed by atoms with Gasteiger partial charge in [0, 0.05) is 12.4 Å². The van der Waals surface area contributed by atoms with Crippen molar-refractivity contribution in [1.29, 1.82) is 0 Å². The van der Waals surface area contributed by atoms with E-state index in [1.165, 1.54) is 18.5 Å². The zero-order chi connectivity index (χ0) is 17.1. The highest BCUT2D eigenvalue weighted by Crippen LogP contribution is 2.18. The molecular weight excluding hydrogens is 338 g/mol. The van der Waals surface area contributed by atoms with Crippen LogP contribution in [0, 0.1) is 0 Å². The summed E-state index contributed by atoms with van der Waals surface area (Å²) in [5.41, 5.74) is -0.304. The molecule has 1 unspecified atom stereocenters.